The van der Waals surface area contributed by atoms with Crippen molar-refractivity contribution in [1.29, 1.82) is 0 Å². The molecule has 1 aliphatic carbocycles. The number of anilines is 1. The monoisotopic (exact) mass is 648 g/mol. The molecule has 3 amide bonds. The predicted octanol–water partition coefficient (Wildman–Crippen LogP) is -0.243. The highest BCUT2D eigenvalue weighted by Gasteiger charge is 2.54. The number of carboxylic acid groups (broad SMARTS) is 2. The van der Waals surface area contributed by atoms with Crippen LogP contribution in [-0.2, 0) is 35.4 Å². The quantitative estimate of drug-likeness (QED) is 0.0660. The summed E-state index contributed by atoms with van der Waals surface area (Å²) in [4.78, 5) is 72.9. The first-order valence-electron chi connectivity index (χ1n) is 12.8. The molecule has 5 rings (SSSR count). The van der Waals surface area contributed by atoms with Gasteiger partial charge in [0.1, 0.15) is 22.8 Å². The van der Waals surface area contributed by atoms with Crippen molar-refractivity contribution in [2.45, 2.75) is 47.7 Å². The van der Waals surface area contributed by atoms with Gasteiger partial charge in [-0.25, -0.2) is 14.6 Å². The number of nitrogen functional groups attached to an aromatic ring is 1. The van der Waals surface area contributed by atoms with Crippen molar-refractivity contribution in [3.05, 3.63) is 46.9 Å². The van der Waals surface area contributed by atoms with Crippen LogP contribution in [0.5, 0.6) is 0 Å². The second-order valence-electron chi connectivity index (χ2n) is 9.83. The predicted molar refractivity (Wildman–Crippen MR) is 155 cm³/mol. The molecule has 15 nitrogen and oxygen atoms in total. The number of primary amides is 1. The molecule has 3 aliphatic rings. The number of carbonyl (C=O) groups excluding carboxylic acids is 3. The van der Waals surface area contributed by atoms with E-state index in [0.29, 0.717) is 23.5 Å². The second kappa shape index (κ2) is 12.2. The third-order valence-corrected chi connectivity index (χ3v) is 10.1. The molecule has 226 valence electrons. The van der Waals surface area contributed by atoms with Crippen LogP contribution < -0.4 is 21.4 Å². The second-order valence-corrected chi connectivity index (χ2v) is 12.9. The van der Waals surface area contributed by atoms with Crippen molar-refractivity contribution in [2.75, 3.05) is 17.2 Å². The maximum Gasteiger partial charge on any atom is 0.352 e. The molecule has 1 saturated heterocycles. The minimum Gasteiger partial charge on any atom is -0.478 e. The molecule has 0 aromatic carbocycles. The minimum atomic E-state index is -1.55. The number of nitrogens with zero attached hydrogens (tertiary/aromatic N) is 4. The summed E-state index contributed by atoms with van der Waals surface area (Å²) in [7, 11) is 0. The Labute approximate surface area is 256 Å². The summed E-state index contributed by atoms with van der Waals surface area (Å²) in [6.07, 6.45) is 4.44. The fraction of sp³-hybridized carbons (Fsp3) is 0.360. The molecule has 2 fully saturated rings. The third kappa shape index (κ3) is 6.16. The summed E-state index contributed by atoms with van der Waals surface area (Å²) in [5.74, 6) is -3.80. The van der Waals surface area contributed by atoms with Gasteiger partial charge < -0.3 is 31.8 Å². The Kier molecular flexibility index (Phi) is 8.61. The maximum atomic E-state index is 13.3. The van der Waals surface area contributed by atoms with Crippen LogP contribution in [0.15, 0.2) is 51.2 Å². The lowest BCUT2D eigenvalue weighted by atomic mass is 9.80. The fourth-order valence-electron chi connectivity index (χ4n) is 4.58. The Hall–Kier alpha value is -4.16. The number of β-lactam (4-membered cyclic amide) rings is 1. The zero-order valence-corrected chi connectivity index (χ0v) is 24.7. The SMILES string of the molecule is NC(=O)C[n+]1ccc(SCC2=C(C(=O)O)N3C(=O)[C@@H](NC(=O)/C(=N\OC4(C(=O)O)CCC4)c4csc(N)n4)[C@H]3SC2)cc1. The highest BCUT2D eigenvalue weighted by atomic mass is 32.2. The van der Waals surface area contributed by atoms with Gasteiger partial charge in [-0.2, -0.15) is 4.57 Å². The molecule has 1 saturated carbocycles. The van der Waals surface area contributed by atoms with Gasteiger partial charge in [-0.1, -0.05) is 5.16 Å². The Balaban J connectivity index is 1.29. The van der Waals surface area contributed by atoms with E-state index in [1.165, 1.54) is 28.9 Å². The molecular formula is C25H26N7O8S3+. The lowest BCUT2D eigenvalue weighted by Gasteiger charge is -2.49. The molecule has 2 aromatic rings. The van der Waals surface area contributed by atoms with Gasteiger partial charge >= 0.3 is 11.9 Å². The molecule has 2 aromatic heterocycles. The van der Waals surface area contributed by atoms with Crippen molar-refractivity contribution in [2.24, 2.45) is 10.9 Å². The van der Waals surface area contributed by atoms with Crippen molar-refractivity contribution in [3.63, 3.8) is 0 Å². The fourth-order valence-corrected chi connectivity index (χ4v) is 7.49. The van der Waals surface area contributed by atoms with E-state index in [-0.39, 0.29) is 41.6 Å². The standard InChI is InChI=1S/C25H25N7O8S3/c26-15(33)8-31-6-2-13(3-7-31)41-9-12-10-42-21-17(20(35)32(21)18(12)22(36)37)29-19(34)16(14-11-43-24(27)28-14)30-40-25(23(38)39)4-1-5-25/h2-3,6-7,11,17,21H,1,4-5,8-10H2,(H6-,26,27,28,29,33,34,36,37,38,39)/p+1/b30-16-/t17-,21-/m1/s1. The van der Waals surface area contributed by atoms with Crippen molar-refractivity contribution < 1.29 is 43.6 Å². The zero-order chi connectivity index (χ0) is 30.9. The number of oxime groups is 1. The van der Waals surface area contributed by atoms with E-state index in [1.807, 2.05) is 0 Å². The van der Waals surface area contributed by atoms with Crippen LogP contribution >= 0.6 is 34.9 Å². The van der Waals surface area contributed by atoms with Gasteiger partial charge in [-0.3, -0.25) is 19.3 Å². The Morgan fingerprint density at radius 3 is 2.53 bits per heavy atom. The van der Waals surface area contributed by atoms with Crippen LogP contribution in [0.3, 0.4) is 0 Å². The maximum absolute atomic E-state index is 13.3. The van der Waals surface area contributed by atoms with Gasteiger partial charge in [-0.05, 0) is 12.0 Å². The Morgan fingerprint density at radius 1 is 1.26 bits per heavy atom. The summed E-state index contributed by atoms with van der Waals surface area (Å²) < 4.78 is 1.62. The summed E-state index contributed by atoms with van der Waals surface area (Å²) in [5, 5.41) is 26.9. The van der Waals surface area contributed by atoms with Crippen molar-refractivity contribution in [1.82, 2.24) is 15.2 Å². The first-order chi connectivity index (χ1) is 20.5. The van der Waals surface area contributed by atoms with Crippen molar-refractivity contribution in [3.8, 4) is 0 Å². The molecule has 43 heavy (non-hydrogen) atoms. The highest BCUT2D eigenvalue weighted by Crippen LogP contribution is 2.42. The van der Waals surface area contributed by atoms with E-state index in [9.17, 15) is 34.2 Å². The average Bonchev–Trinajstić information content (AvgIpc) is 3.36. The molecule has 2 aliphatic heterocycles. The molecule has 7 N–H and O–H groups in total. The first-order valence-corrected chi connectivity index (χ1v) is 15.7. The van der Waals surface area contributed by atoms with E-state index in [1.54, 1.807) is 29.1 Å². The van der Waals surface area contributed by atoms with E-state index in [0.717, 1.165) is 21.1 Å². The molecular weight excluding hydrogens is 623 g/mol. The van der Waals surface area contributed by atoms with Gasteiger partial charge in [0.25, 0.3) is 17.7 Å². The molecule has 4 heterocycles. The van der Waals surface area contributed by atoms with Crippen LogP contribution in [0.1, 0.15) is 25.0 Å². The largest absolute Gasteiger partial charge is 0.478 e. The van der Waals surface area contributed by atoms with Crippen LogP contribution in [0, 0.1) is 0 Å². The van der Waals surface area contributed by atoms with Gasteiger partial charge in [-0.15, -0.1) is 34.9 Å². The number of hydrogen-bond acceptors (Lipinski definition) is 12. The third-order valence-electron chi connectivity index (χ3n) is 6.99. The van der Waals surface area contributed by atoms with Crippen molar-refractivity contribution >= 4 is 75.4 Å². The lowest BCUT2D eigenvalue weighted by molar-refractivity contribution is -0.684. The lowest BCUT2D eigenvalue weighted by Crippen LogP contribution is -2.71. The molecule has 18 heteroatoms. The molecule has 0 spiro atoms. The number of carboxylic acids is 2. The number of amides is 3. The summed E-state index contributed by atoms with van der Waals surface area (Å²) in [6.45, 7) is 0.0351. The highest BCUT2D eigenvalue weighted by molar-refractivity contribution is 8.01. The van der Waals surface area contributed by atoms with Gasteiger partial charge in [0.2, 0.25) is 12.1 Å². The summed E-state index contributed by atoms with van der Waals surface area (Å²) in [5.41, 5.74) is 9.48. The number of aliphatic carboxylic acids is 2. The molecule has 0 unspecified atom stereocenters. The van der Waals surface area contributed by atoms with Gasteiger partial charge in [0, 0.05) is 46.8 Å². The topological polar surface area (TPSA) is 231 Å². The number of thioether (sulfide) groups is 2. The first kappa shape index (κ1) is 30.3. The summed E-state index contributed by atoms with van der Waals surface area (Å²) in [6, 6.07) is 2.49. The number of nitrogens with one attached hydrogen (secondary N) is 1. The Bertz CT molecular complexity index is 1550. The number of hydrogen-bond donors (Lipinski definition) is 5. The zero-order valence-electron chi connectivity index (χ0n) is 22.3. The number of nitrogens with two attached hydrogens (primary N) is 2. The minimum absolute atomic E-state index is 0.0351. The number of carbonyl (C=O) groups is 5. The Morgan fingerprint density at radius 2 is 1.98 bits per heavy atom. The van der Waals surface area contributed by atoms with Crippen LogP contribution in [0.2, 0.25) is 0 Å². The molecule has 0 bridgehead atoms. The van der Waals surface area contributed by atoms with Gasteiger partial charge in [0.15, 0.2) is 23.2 Å². The van der Waals surface area contributed by atoms with E-state index in [2.05, 4.69) is 15.5 Å². The average molecular weight is 649 g/mol. The molecule has 0 radical (unpaired) electrons. The molecule has 2 atom stereocenters. The smallest absolute Gasteiger partial charge is 0.352 e. The van der Waals surface area contributed by atoms with E-state index in [4.69, 9.17) is 16.3 Å². The number of rotatable bonds is 12. The number of thiazole rings is 1. The van der Waals surface area contributed by atoms with Crippen LogP contribution in [-0.4, -0.2) is 84.0 Å². The normalized spacial score (nSPS) is 20.9. The van der Waals surface area contributed by atoms with Crippen LogP contribution in [0.4, 0.5) is 5.13 Å². The van der Waals surface area contributed by atoms with Gasteiger partial charge in [0.05, 0.1) is 0 Å². The summed E-state index contributed by atoms with van der Waals surface area (Å²) >= 11 is 3.72. The number of fused-ring (bicyclic) bond motifs is 1. The van der Waals surface area contributed by atoms with E-state index >= 15 is 0 Å². The number of pyridine rings is 1. The van der Waals surface area contributed by atoms with Crippen LogP contribution in [0.25, 0.3) is 0 Å². The van der Waals surface area contributed by atoms with E-state index < -0.39 is 46.7 Å². The number of aromatic nitrogens is 2.